The number of aryl methyl sites for hydroxylation is 1. The minimum Gasteiger partial charge on any atom is -0.330 e. The molecule has 1 fully saturated rings. The Labute approximate surface area is 94.7 Å². The van der Waals surface area contributed by atoms with Crippen molar-refractivity contribution in [1.29, 1.82) is 0 Å². The molecule has 1 saturated carbocycles. The van der Waals surface area contributed by atoms with Crippen LogP contribution in [0.2, 0.25) is 0 Å². The second-order valence-electron chi connectivity index (χ2n) is 4.88. The Morgan fingerprint density at radius 2 is 1.81 bits per heavy atom. The fraction of sp³-hybridized carbons (Fsp3) is 0.538. The van der Waals surface area contributed by atoms with Gasteiger partial charge in [0.2, 0.25) is 5.92 Å². The first-order valence-corrected chi connectivity index (χ1v) is 5.63. The summed E-state index contributed by atoms with van der Waals surface area (Å²) in [6.45, 7) is 2.29. The normalized spacial score (nSPS) is 28.2. The number of rotatable bonds is 2. The molecule has 2 N–H and O–H groups in total. The maximum atomic E-state index is 13.3. The number of hydrogen-bond acceptors (Lipinski definition) is 1. The second kappa shape index (κ2) is 3.81. The molecular formula is C13H17F2N. The van der Waals surface area contributed by atoms with E-state index < -0.39 is 11.3 Å². The van der Waals surface area contributed by atoms with Crippen molar-refractivity contribution < 1.29 is 8.78 Å². The van der Waals surface area contributed by atoms with Gasteiger partial charge in [-0.05, 0) is 18.9 Å². The van der Waals surface area contributed by atoms with E-state index in [1.54, 1.807) is 0 Å². The van der Waals surface area contributed by atoms with Gasteiger partial charge in [0.1, 0.15) is 0 Å². The average Bonchev–Trinajstić information content (AvgIpc) is 2.57. The van der Waals surface area contributed by atoms with Crippen LogP contribution < -0.4 is 5.73 Å². The third-order valence-electron chi connectivity index (χ3n) is 3.62. The molecule has 0 spiro atoms. The lowest BCUT2D eigenvalue weighted by molar-refractivity contribution is 0.00302. The molecule has 1 aromatic carbocycles. The molecule has 0 saturated heterocycles. The molecule has 0 bridgehead atoms. The first-order valence-electron chi connectivity index (χ1n) is 5.63. The topological polar surface area (TPSA) is 26.0 Å². The molecule has 1 nitrogen and oxygen atoms in total. The Bertz CT molecular complexity index is 372. The van der Waals surface area contributed by atoms with Crippen LogP contribution in [0.4, 0.5) is 8.78 Å². The van der Waals surface area contributed by atoms with Gasteiger partial charge in [0.15, 0.2) is 0 Å². The Balaban J connectivity index is 2.33. The molecule has 16 heavy (non-hydrogen) atoms. The minimum absolute atomic E-state index is 0.0436. The molecule has 1 aromatic rings. The molecule has 1 atom stereocenters. The first-order chi connectivity index (χ1) is 7.47. The lowest BCUT2D eigenvalue weighted by atomic mass is 9.78. The van der Waals surface area contributed by atoms with Crippen LogP contribution in [0.15, 0.2) is 24.3 Å². The van der Waals surface area contributed by atoms with Crippen molar-refractivity contribution in [2.75, 3.05) is 6.54 Å². The van der Waals surface area contributed by atoms with Crippen molar-refractivity contribution in [2.24, 2.45) is 5.73 Å². The number of halogens is 2. The third-order valence-corrected chi connectivity index (χ3v) is 3.62. The summed E-state index contributed by atoms with van der Waals surface area (Å²) in [5.74, 6) is -2.55. The van der Waals surface area contributed by atoms with Crippen molar-refractivity contribution in [1.82, 2.24) is 0 Å². The van der Waals surface area contributed by atoms with Crippen LogP contribution in [0.25, 0.3) is 0 Å². The lowest BCUT2D eigenvalue weighted by Gasteiger charge is -2.28. The third kappa shape index (κ3) is 1.96. The van der Waals surface area contributed by atoms with Crippen LogP contribution in [-0.4, -0.2) is 12.5 Å². The largest absolute Gasteiger partial charge is 0.330 e. The molecule has 2 rings (SSSR count). The monoisotopic (exact) mass is 225 g/mol. The second-order valence-corrected chi connectivity index (χ2v) is 4.88. The van der Waals surface area contributed by atoms with Crippen LogP contribution in [0.1, 0.15) is 30.4 Å². The van der Waals surface area contributed by atoms with Gasteiger partial charge in [-0.2, -0.15) is 0 Å². The summed E-state index contributed by atoms with van der Waals surface area (Å²) in [6, 6.07) is 7.79. The summed E-state index contributed by atoms with van der Waals surface area (Å²) >= 11 is 0. The smallest absolute Gasteiger partial charge is 0.249 e. The molecule has 3 heteroatoms. The predicted octanol–water partition coefficient (Wildman–Crippen LogP) is 3.01. The van der Waals surface area contributed by atoms with Gasteiger partial charge in [0.05, 0.1) is 0 Å². The maximum absolute atomic E-state index is 13.3. The molecule has 0 radical (unpaired) electrons. The fourth-order valence-corrected chi connectivity index (χ4v) is 2.54. The number of nitrogens with two attached hydrogens (primary N) is 1. The van der Waals surface area contributed by atoms with Gasteiger partial charge in [-0.15, -0.1) is 0 Å². The van der Waals surface area contributed by atoms with E-state index in [0.29, 0.717) is 13.0 Å². The van der Waals surface area contributed by atoms with Crippen molar-refractivity contribution in [3.8, 4) is 0 Å². The van der Waals surface area contributed by atoms with Gasteiger partial charge in [-0.3, -0.25) is 0 Å². The highest BCUT2D eigenvalue weighted by Crippen LogP contribution is 2.48. The molecule has 1 unspecified atom stereocenters. The Kier molecular flexibility index (Phi) is 2.74. The molecule has 1 aliphatic carbocycles. The van der Waals surface area contributed by atoms with E-state index in [1.165, 1.54) is 0 Å². The van der Waals surface area contributed by atoms with Crippen molar-refractivity contribution in [2.45, 2.75) is 37.5 Å². The van der Waals surface area contributed by atoms with Crippen LogP contribution in [0, 0.1) is 6.92 Å². The quantitative estimate of drug-likeness (QED) is 0.822. The minimum atomic E-state index is -2.55. The zero-order chi connectivity index (χ0) is 11.8. The average molecular weight is 225 g/mol. The summed E-state index contributed by atoms with van der Waals surface area (Å²) in [6.07, 6.45) is 0.331. The fourth-order valence-electron chi connectivity index (χ4n) is 2.54. The van der Waals surface area contributed by atoms with Crippen molar-refractivity contribution in [3.05, 3.63) is 35.4 Å². The highest BCUT2D eigenvalue weighted by molar-refractivity contribution is 5.31. The Morgan fingerprint density at radius 1 is 1.19 bits per heavy atom. The molecule has 88 valence electrons. The van der Waals surface area contributed by atoms with Gasteiger partial charge in [-0.25, -0.2) is 8.78 Å². The Morgan fingerprint density at radius 3 is 2.25 bits per heavy atom. The van der Waals surface area contributed by atoms with E-state index in [1.807, 2.05) is 31.2 Å². The van der Waals surface area contributed by atoms with Crippen LogP contribution in [0.5, 0.6) is 0 Å². The van der Waals surface area contributed by atoms with Gasteiger partial charge in [0, 0.05) is 24.8 Å². The molecule has 1 aliphatic rings. The SMILES string of the molecule is Cc1ccc(C2(CN)CCC(F)(F)C2)cc1. The molecule has 0 heterocycles. The summed E-state index contributed by atoms with van der Waals surface area (Å²) in [5.41, 5.74) is 7.31. The zero-order valence-corrected chi connectivity index (χ0v) is 9.47. The van der Waals surface area contributed by atoms with Gasteiger partial charge in [-0.1, -0.05) is 29.8 Å². The van der Waals surface area contributed by atoms with Crippen molar-refractivity contribution in [3.63, 3.8) is 0 Å². The predicted molar refractivity (Wildman–Crippen MR) is 60.7 cm³/mol. The highest BCUT2D eigenvalue weighted by atomic mass is 19.3. The first kappa shape index (κ1) is 11.5. The van der Waals surface area contributed by atoms with E-state index in [4.69, 9.17) is 5.73 Å². The molecular weight excluding hydrogens is 208 g/mol. The highest BCUT2D eigenvalue weighted by Gasteiger charge is 2.49. The molecule has 0 amide bonds. The maximum Gasteiger partial charge on any atom is 0.249 e. The van der Waals surface area contributed by atoms with Crippen molar-refractivity contribution >= 4 is 0 Å². The van der Waals surface area contributed by atoms with E-state index in [9.17, 15) is 8.78 Å². The van der Waals surface area contributed by atoms with Gasteiger partial charge < -0.3 is 5.73 Å². The van der Waals surface area contributed by atoms with Crippen LogP contribution in [-0.2, 0) is 5.41 Å². The summed E-state index contributed by atoms with van der Waals surface area (Å²) in [5, 5.41) is 0. The standard InChI is InChI=1S/C13H17F2N/c1-10-2-4-11(5-3-10)12(9-16)6-7-13(14,15)8-12/h2-5H,6-9,16H2,1H3. The molecule has 0 aliphatic heterocycles. The van der Waals surface area contributed by atoms with E-state index in [-0.39, 0.29) is 12.8 Å². The Hall–Kier alpha value is -0.960. The number of alkyl halides is 2. The lowest BCUT2D eigenvalue weighted by Crippen LogP contribution is -2.33. The van der Waals surface area contributed by atoms with E-state index in [2.05, 4.69) is 0 Å². The van der Waals surface area contributed by atoms with Gasteiger partial charge >= 0.3 is 0 Å². The van der Waals surface area contributed by atoms with Crippen LogP contribution >= 0.6 is 0 Å². The van der Waals surface area contributed by atoms with E-state index in [0.717, 1.165) is 11.1 Å². The summed E-state index contributed by atoms with van der Waals surface area (Å²) < 4.78 is 26.7. The summed E-state index contributed by atoms with van der Waals surface area (Å²) in [7, 11) is 0. The van der Waals surface area contributed by atoms with Crippen LogP contribution in [0.3, 0.4) is 0 Å². The summed E-state index contributed by atoms with van der Waals surface area (Å²) in [4.78, 5) is 0. The molecule has 0 aromatic heterocycles. The van der Waals surface area contributed by atoms with Gasteiger partial charge in [0.25, 0.3) is 0 Å². The zero-order valence-electron chi connectivity index (χ0n) is 9.47. The van der Waals surface area contributed by atoms with E-state index >= 15 is 0 Å². The number of hydrogen-bond donors (Lipinski definition) is 1. The number of benzene rings is 1.